The quantitative estimate of drug-likeness (QED) is 0.734. The Morgan fingerprint density at radius 2 is 2.05 bits per heavy atom. The molecule has 0 saturated heterocycles. The highest BCUT2D eigenvalue weighted by Crippen LogP contribution is 2.17. The van der Waals surface area contributed by atoms with E-state index in [-0.39, 0.29) is 0 Å². The Balaban J connectivity index is 1.48. The van der Waals surface area contributed by atoms with Crippen LogP contribution in [0.1, 0.15) is 17.0 Å². The van der Waals surface area contributed by atoms with E-state index in [1.54, 1.807) is 6.33 Å². The molecule has 1 aliphatic heterocycles. The van der Waals surface area contributed by atoms with Crippen LogP contribution in [0.4, 0.5) is 0 Å². The number of rotatable bonds is 3. The molecule has 0 unspecified atom stereocenters. The zero-order valence-electron chi connectivity index (χ0n) is 12.1. The fraction of sp³-hybridized carbons (Fsp3) is 0.250. The number of benzene rings is 1. The summed E-state index contributed by atoms with van der Waals surface area (Å²) in [5.74, 6) is 0. The number of aromatic nitrogens is 5. The van der Waals surface area contributed by atoms with E-state index in [1.165, 1.54) is 5.56 Å². The number of fused-ring (bicyclic) bond motifs is 1. The standard InChI is InChI=1S/C16H16N6/c1-2-4-15(5-3-1)22-10-14(19-20-22)9-21-7-6-13-8-17-12-18-16(13)11-21/h1-5,8,10,12H,6-7,9,11H2. The van der Waals surface area contributed by atoms with Crippen molar-refractivity contribution in [1.29, 1.82) is 0 Å². The number of hydrogen-bond acceptors (Lipinski definition) is 5. The Hall–Kier alpha value is -2.60. The molecule has 3 aromatic rings. The van der Waals surface area contributed by atoms with Gasteiger partial charge in [-0.2, -0.15) is 0 Å². The maximum absolute atomic E-state index is 4.37. The normalized spacial score (nSPS) is 14.7. The Bertz CT molecular complexity index is 767. The van der Waals surface area contributed by atoms with Crippen molar-refractivity contribution >= 4 is 0 Å². The van der Waals surface area contributed by atoms with E-state index < -0.39 is 0 Å². The van der Waals surface area contributed by atoms with Crippen molar-refractivity contribution in [2.45, 2.75) is 19.5 Å². The van der Waals surface area contributed by atoms with Gasteiger partial charge in [-0.1, -0.05) is 23.4 Å². The molecule has 3 heterocycles. The first kappa shape index (κ1) is 13.1. The molecule has 6 heteroatoms. The second kappa shape index (κ2) is 5.65. The Morgan fingerprint density at radius 3 is 2.95 bits per heavy atom. The second-order valence-electron chi connectivity index (χ2n) is 5.45. The SMILES string of the molecule is c1ccc(-n2cc(CN3CCc4cncnc4C3)nn2)cc1. The van der Waals surface area contributed by atoms with E-state index in [4.69, 9.17) is 0 Å². The van der Waals surface area contributed by atoms with Gasteiger partial charge in [-0.25, -0.2) is 14.6 Å². The Kier molecular flexibility index (Phi) is 3.36. The molecule has 0 amide bonds. The van der Waals surface area contributed by atoms with Crippen molar-refractivity contribution in [1.82, 2.24) is 29.9 Å². The van der Waals surface area contributed by atoms with Crippen LogP contribution in [0.25, 0.3) is 5.69 Å². The molecule has 0 saturated carbocycles. The molecule has 22 heavy (non-hydrogen) atoms. The smallest absolute Gasteiger partial charge is 0.115 e. The van der Waals surface area contributed by atoms with E-state index in [2.05, 4.69) is 25.2 Å². The van der Waals surface area contributed by atoms with Crippen molar-refractivity contribution in [3.8, 4) is 5.69 Å². The molecular weight excluding hydrogens is 276 g/mol. The largest absolute Gasteiger partial charge is 0.291 e. The molecule has 2 aromatic heterocycles. The molecule has 0 radical (unpaired) electrons. The predicted octanol–water partition coefficient (Wildman–Crippen LogP) is 1.62. The lowest BCUT2D eigenvalue weighted by Gasteiger charge is -2.26. The summed E-state index contributed by atoms with van der Waals surface area (Å²) in [6.07, 6.45) is 6.52. The molecule has 0 fully saturated rings. The van der Waals surface area contributed by atoms with Gasteiger partial charge in [0.05, 0.1) is 23.3 Å². The zero-order chi connectivity index (χ0) is 14.8. The number of hydrogen-bond donors (Lipinski definition) is 0. The summed E-state index contributed by atoms with van der Waals surface area (Å²) in [6.45, 7) is 2.63. The lowest BCUT2D eigenvalue weighted by atomic mass is 10.1. The summed E-state index contributed by atoms with van der Waals surface area (Å²) in [5, 5.41) is 8.49. The molecule has 4 rings (SSSR count). The van der Waals surface area contributed by atoms with Crippen molar-refractivity contribution in [3.05, 3.63) is 66.0 Å². The van der Waals surface area contributed by atoms with E-state index in [1.807, 2.05) is 47.4 Å². The van der Waals surface area contributed by atoms with E-state index in [0.717, 1.165) is 43.1 Å². The summed E-state index contributed by atoms with van der Waals surface area (Å²) < 4.78 is 1.81. The predicted molar refractivity (Wildman–Crippen MR) is 81.2 cm³/mol. The summed E-state index contributed by atoms with van der Waals surface area (Å²) in [6, 6.07) is 10.0. The third kappa shape index (κ3) is 2.60. The maximum atomic E-state index is 4.37. The van der Waals surface area contributed by atoms with Crippen LogP contribution in [0.15, 0.2) is 49.1 Å². The van der Waals surface area contributed by atoms with E-state index in [9.17, 15) is 0 Å². The van der Waals surface area contributed by atoms with Gasteiger partial charge in [-0.05, 0) is 24.1 Å². The van der Waals surface area contributed by atoms with Crippen molar-refractivity contribution in [2.75, 3.05) is 6.54 Å². The van der Waals surface area contributed by atoms with Gasteiger partial charge in [0.25, 0.3) is 0 Å². The van der Waals surface area contributed by atoms with Crippen LogP contribution in [-0.2, 0) is 19.5 Å². The first-order chi connectivity index (χ1) is 10.9. The maximum Gasteiger partial charge on any atom is 0.115 e. The van der Waals surface area contributed by atoms with Crippen LogP contribution in [0.3, 0.4) is 0 Å². The lowest BCUT2D eigenvalue weighted by molar-refractivity contribution is 0.238. The third-order valence-electron chi connectivity index (χ3n) is 3.90. The summed E-state index contributed by atoms with van der Waals surface area (Å²) in [5.41, 5.74) is 4.38. The zero-order valence-corrected chi connectivity index (χ0v) is 12.1. The van der Waals surface area contributed by atoms with E-state index in [0.29, 0.717) is 0 Å². The summed E-state index contributed by atoms with van der Waals surface area (Å²) in [4.78, 5) is 10.8. The van der Waals surface area contributed by atoms with Crippen LogP contribution in [0, 0.1) is 0 Å². The molecule has 0 atom stereocenters. The van der Waals surface area contributed by atoms with Gasteiger partial charge in [0.15, 0.2) is 0 Å². The first-order valence-corrected chi connectivity index (χ1v) is 7.35. The van der Waals surface area contributed by atoms with Crippen LogP contribution < -0.4 is 0 Å². The summed E-state index contributed by atoms with van der Waals surface area (Å²) in [7, 11) is 0. The van der Waals surface area contributed by atoms with Gasteiger partial charge in [0.2, 0.25) is 0 Å². The fourth-order valence-corrected chi connectivity index (χ4v) is 2.75. The average Bonchev–Trinajstić information content (AvgIpc) is 3.04. The molecular formula is C16H16N6. The minimum atomic E-state index is 0.788. The number of nitrogens with zero attached hydrogens (tertiary/aromatic N) is 6. The highest BCUT2D eigenvalue weighted by Gasteiger charge is 2.18. The fourth-order valence-electron chi connectivity index (χ4n) is 2.75. The minimum Gasteiger partial charge on any atom is -0.291 e. The van der Waals surface area contributed by atoms with Crippen LogP contribution in [0.5, 0.6) is 0 Å². The Labute approximate surface area is 128 Å². The first-order valence-electron chi connectivity index (χ1n) is 7.35. The molecule has 6 nitrogen and oxygen atoms in total. The summed E-state index contributed by atoms with van der Waals surface area (Å²) >= 11 is 0. The van der Waals surface area contributed by atoms with Crippen LogP contribution >= 0.6 is 0 Å². The molecule has 1 aromatic carbocycles. The Morgan fingerprint density at radius 1 is 1.14 bits per heavy atom. The second-order valence-corrected chi connectivity index (χ2v) is 5.45. The average molecular weight is 292 g/mol. The van der Waals surface area contributed by atoms with Crippen molar-refractivity contribution in [2.24, 2.45) is 0 Å². The van der Waals surface area contributed by atoms with Crippen molar-refractivity contribution < 1.29 is 0 Å². The topological polar surface area (TPSA) is 59.7 Å². The molecule has 0 spiro atoms. The molecule has 0 aliphatic carbocycles. The molecule has 1 aliphatic rings. The highest BCUT2D eigenvalue weighted by molar-refractivity contribution is 5.30. The van der Waals surface area contributed by atoms with Gasteiger partial charge in [-0.15, -0.1) is 5.10 Å². The molecule has 0 N–H and O–H groups in total. The lowest BCUT2D eigenvalue weighted by Crippen LogP contribution is -2.31. The van der Waals surface area contributed by atoms with Gasteiger partial charge in [-0.3, -0.25) is 4.90 Å². The van der Waals surface area contributed by atoms with Crippen LogP contribution in [-0.4, -0.2) is 36.4 Å². The van der Waals surface area contributed by atoms with Gasteiger partial charge >= 0.3 is 0 Å². The molecule has 0 bridgehead atoms. The van der Waals surface area contributed by atoms with Crippen LogP contribution in [0.2, 0.25) is 0 Å². The minimum absolute atomic E-state index is 0.788. The van der Waals surface area contributed by atoms with Gasteiger partial charge < -0.3 is 0 Å². The van der Waals surface area contributed by atoms with E-state index >= 15 is 0 Å². The number of para-hydroxylation sites is 1. The third-order valence-corrected chi connectivity index (χ3v) is 3.90. The van der Waals surface area contributed by atoms with Gasteiger partial charge in [0.1, 0.15) is 6.33 Å². The molecule has 110 valence electrons. The highest BCUT2D eigenvalue weighted by atomic mass is 15.4. The van der Waals surface area contributed by atoms with Crippen molar-refractivity contribution in [3.63, 3.8) is 0 Å². The van der Waals surface area contributed by atoms with Gasteiger partial charge in [0, 0.05) is 25.8 Å². The monoisotopic (exact) mass is 292 g/mol.